The van der Waals surface area contributed by atoms with E-state index in [0.717, 1.165) is 22.4 Å². The number of carbonyl (C=O) groups excluding carboxylic acids is 1. The Labute approximate surface area is 187 Å². The molecule has 0 aliphatic rings. The van der Waals surface area contributed by atoms with Gasteiger partial charge in [0, 0.05) is 24.0 Å². The van der Waals surface area contributed by atoms with Crippen LogP contribution in [0.4, 0.5) is 11.6 Å². The first-order valence-electron chi connectivity index (χ1n) is 10.2. The molecule has 0 saturated carbocycles. The second-order valence-corrected chi connectivity index (χ2v) is 7.61. The maximum Gasteiger partial charge on any atom is 0.255 e. The Morgan fingerprint density at radius 3 is 2.31 bits per heavy atom. The zero-order chi connectivity index (χ0) is 23.3. The number of aryl methyl sites for hydroxylation is 3. The van der Waals surface area contributed by atoms with Crippen LogP contribution in [0.2, 0.25) is 0 Å². The van der Waals surface area contributed by atoms with Gasteiger partial charge in [-0.05, 0) is 61.7 Å². The summed E-state index contributed by atoms with van der Waals surface area (Å²) in [6.45, 7) is 5.86. The number of benzene rings is 2. The van der Waals surface area contributed by atoms with E-state index in [-0.39, 0.29) is 24.6 Å². The Balaban J connectivity index is 1.76. The van der Waals surface area contributed by atoms with Gasteiger partial charge < -0.3 is 20.1 Å². The van der Waals surface area contributed by atoms with E-state index in [1.807, 2.05) is 32.0 Å². The summed E-state index contributed by atoms with van der Waals surface area (Å²) in [6, 6.07) is 12.8. The van der Waals surface area contributed by atoms with Crippen LogP contribution in [0.1, 0.15) is 22.4 Å². The van der Waals surface area contributed by atoms with Crippen LogP contribution in [0.3, 0.4) is 0 Å². The molecular weight excluding hydrogens is 408 g/mol. The lowest BCUT2D eigenvalue weighted by molar-refractivity contribution is -0.121. The largest absolute Gasteiger partial charge is 0.493 e. The first kappa shape index (κ1) is 22.9. The van der Waals surface area contributed by atoms with Crippen molar-refractivity contribution in [1.82, 2.24) is 14.9 Å². The van der Waals surface area contributed by atoms with Gasteiger partial charge in [0.15, 0.2) is 11.5 Å². The number of carbonyl (C=O) groups is 1. The van der Waals surface area contributed by atoms with Gasteiger partial charge in [-0.2, -0.15) is 0 Å². The number of rotatable bonds is 8. The van der Waals surface area contributed by atoms with Gasteiger partial charge in [0.25, 0.3) is 5.56 Å². The standard InChI is InChI=1S/C24H28N4O4/c1-15-8-16(2)10-19(9-15)27-24-26-17(3)11-23(30)28(24)14-22(29)25-13-18-6-7-20(31-4)21(12-18)32-5/h6-12H,13-14H2,1-5H3,(H,25,29)(H,26,27). The molecule has 1 aromatic heterocycles. The molecule has 1 heterocycles. The van der Waals surface area contributed by atoms with Crippen molar-refractivity contribution in [2.75, 3.05) is 19.5 Å². The maximum absolute atomic E-state index is 12.6. The van der Waals surface area contributed by atoms with Crippen LogP contribution in [-0.4, -0.2) is 29.7 Å². The third-order valence-electron chi connectivity index (χ3n) is 4.85. The topological polar surface area (TPSA) is 94.5 Å². The molecule has 1 amide bonds. The maximum atomic E-state index is 12.6. The Bertz CT molecular complexity index is 1170. The Kier molecular flexibility index (Phi) is 7.14. The van der Waals surface area contributed by atoms with E-state index in [0.29, 0.717) is 23.1 Å². The molecule has 0 aliphatic carbocycles. The van der Waals surface area contributed by atoms with Gasteiger partial charge in [0.1, 0.15) is 6.54 Å². The summed E-state index contributed by atoms with van der Waals surface area (Å²) in [6.07, 6.45) is 0. The van der Waals surface area contributed by atoms with Crippen LogP contribution in [-0.2, 0) is 17.9 Å². The Morgan fingerprint density at radius 1 is 0.969 bits per heavy atom. The number of amides is 1. The van der Waals surface area contributed by atoms with Crippen molar-refractivity contribution < 1.29 is 14.3 Å². The molecule has 8 heteroatoms. The van der Waals surface area contributed by atoms with Crippen molar-refractivity contribution in [2.45, 2.75) is 33.9 Å². The van der Waals surface area contributed by atoms with Gasteiger partial charge in [-0.25, -0.2) is 4.98 Å². The summed E-state index contributed by atoms with van der Waals surface area (Å²) in [5, 5.41) is 6.02. The number of hydrogen-bond acceptors (Lipinski definition) is 6. The molecule has 0 unspecified atom stereocenters. The van der Waals surface area contributed by atoms with E-state index in [9.17, 15) is 9.59 Å². The van der Waals surface area contributed by atoms with E-state index in [1.54, 1.807) is 33.3 Å². The van der Waals surface area contributed by atoms with E-state index in [4.69, 9.17) is 9.47 Å². The zero-order valence-electron chi connectivity index (χ0n) is 19.0. The molecule has 0 saturated heterocycles. The summed E-state index contributed by atoms with van der Waals surface area (Å²) >= 11 is 0. The van der Waals surface area contributed by atoms with E-state index in [2.05, 4.69) is 21.7 Å². The molecule has 8 nitrogen and oxygen atoms in total. The quantitative estimate of drug-likeness (QED) is 0.563. The number of anilines is 2. The number of ether oxygens (including phenoxy) is 2. The summed E-state index contributed by atoms with van der Waals surface area (Å²) in [5.74, 6) is 1.21. The van der Waals surface area contributed by atoms with Gasteiger partial charge in [0.05, 0.1) is 14.2 Å². The fourth-order valence-electron chi connectivity index (χ4n) is 3.44. The van der Waals surface area contributed by atoms with Gasteiger partial charge >= 0.3 is 0 Å². The van der Waals surface area contributed by atoms with Gasteiger partial charge in [0.2, 0.25) is 11.9 Å². The summed E-state index contributed by atoms with van der Waals surface area (Å²) in [5.41, 5.74) is 4.09. The predicted octanol–water partition coefficient (Wildman–Crippen LogP) is 3.25. The zero-order valence-corrected chi connectivity index (χ0v) is 19.0. The minimum absolute atomic E-state index is 0.160. The summed E-state index contributed by atoms with van der Waals surface area (Å²) < 4.78 is 11.9. The Morgan fingerprint density at radius 2 is 1.66 bits per heavy atom. The van der Waals surface area contributed by atoms with E-state index >= 15 is 0 Å². The average molecular weight is 437 g/mol. The molecule has 32 heavy (non-hydrogen) atoms. The van der Waals surface area contributed by atoms with Crippen molar-refractivity contribution in [1.29, 1.82) is 0 Å². The molecule has 168 valence electrons. The third-order valence-corrected chi connectivity index (χ3v) is 4.85. The fourth-order valence-corrected chi connectivity index (χ4v) is 3.44. The molecule has 3 rings (SSSR count). The van der Waals surface area contributed by atoms with Crippen molar-refractivity contribution in [3.05, 3.63) is 75.2 Å². The monoisotopic (exact) mass is 436 g/mol. The number of aromatic nitrogens is 2. The van der Waals surface area contributed by atoms with Crippen LogP contribution in [0.5, 0.6) is 11.5 Å². The normalized spacial score (nSPS) is 10.5. The molecule has 0 atom stereocenters. The van der Waals surface area contributed by atoms with Crippen molar-refractivity contribution in [3.8, 4) is 11.5 Å². The number of nitrogens with one attached hydrogen (secondary N) is 2. The molecule has 0 spiro atoms. The SMILES string of the molecule is COc1ccc(CNC(=O)Cn2c(Nc3cc(C)cc(C)c3)nc(C)cc2=O)cc1OC. The minimum Gasteiger partial charge on any atom is -0.493 e. The average Bonchev–Trinajstić information content (AvgIpc) is 2.73. The van der Waals surface area contributed by atoms with Crippen molar-refractivity contribution in [2.24, 2.45) is 0 Å². The minimum atomic E-state index is -0.309. The fraction of sp³-hybridized carbons (Fsp3) is 0.292. The van der Waals surface area contributed by atoms with Crippen molar-refractivity contribution in [3.63, 3.8) is 0 Å². The van der Waals surface area contributed by atoms with Gasteiger partial charge in [-0.3, -0.25) is 14.2 Å². The lowest BCUT2D eigenvalue weighted by atomic mass is 10.1. The smallest absolute Gasteiger partial charge is 0.255 e. The van der Waals surface area contributed by atoms with Crippen LogP contribution in [0.15, 0.2) is 47.3 Å². The summed E-state index contributed by atoms with van der Waals surface area (Å²) in [7, 11) is 3.12. The van der Waals surface area contributed by atoms with Crippen LogP contribution < -0.4 is 25.7 Å². The lowest BCUT2D eigenvalue weighted by Gasteiger charge is -2.15. The highest BCUT2D eigenvalue weighted by atomic mass is 16.5. The molecule has 2 N–H and O–H groups in total. The molecular formula is C24H28N4O4. The highest BCUT2D eigenvalue weighted by Gasteiger charge is 2.13. The van der Waals surface area contributed by atoms with E-state index in [1.165, 1.54) is 10.6 Å². The predicted molar refractivity (Wildman–Crippen MR) is 124 cm³/mol. The highest BCUT2D eigenvalue weighted by Crippen LogP contribution is 2.27. The molecule has 0 fully saturated rings. The van der Waals surface area contributed by atoms with Gasteiger partial charge in [-0.1, -0.05) is 12.1 Å². The van der Waals surface area contributed by atoms with Crippen molar-refractivity contribution >= 4 is 17.5 Å². The second kappa shape index (κ2) is 10.00. The third kappa shape index (κ3) is 5.66. The summed E-state index contributed by atoms with van der Waals surface area (Å²) in [4.78, 5) is 29.7. The van der Waals surface area contributed by atoms with Crippen LogP contribution in [0, 0.1) is 20.8 Å². The molecule has 0 radical (unpaired) electrons. The molecule has 0 aliphatic heterocycles. The lowest BCUT2D eigenvalue weighted by Crippen LogP contribution is -2.33. The van der Waals surface area contributed by atoms with Crippen LogP contribution >= 0.6 is 0 Å². The van der Waals surface area contributed by atoms with E-state index < -0.39 is 0 Å². The molecule has 3 aromatic rings. The molecule has 2 aromatic carbocycles. The first-order chi connectivity index (χ1) is 15.3. The number of nitrogens with zero attached hydrogens (tertiary/aromatic N) is 2. The highest BCUT2D eigenvalue weighted by molar-refractivity contribution is 5.76. The van der Waals surface area contributed by atoms with Gasteiger partial charge in [-0.15, -0.1) is 0 Å². The first-order valence-corrected chi connectivity index (χ1v) is 10.2. The number of hydrogen-bond donors (Lipinski definition) is 2. The second-order valence-electron chi connectivity index (χ2n) is 7.61. The Hall–Kier alpha value is -3.81. The molecule has 0 bridgehead atoms. The number of methoxy groups -OCH3 is 2. The van der Waals surface area contributed by atoms with Crippen LogP contribution in [0.25, 0.3) is 0 Å².